The van der Waals surface area contributed by atoms with Gasteiger partial charge in [-0.15, -0.1) is 0 Å². The predicted molar refractivity (Wildman–Crippen MR) is 133 cm³/mol. The highest BCUT2D eigenvalue weighted by Crippen LogP contribution is 2.66. The van der Waals surface area contributed by atoms with E-state index >= 15 is 0 Å². The van der Waals surface area contributed by atoms with Crippen molar-refractivity contribution in [1.29, 1.82) is 0 Å². The number of phosphoric ester groups is 1. The van der Waals surface area contributed by atoms with Gasteiger partial charge < -0.3 is 34.8 Å². The molecule has 1 aliphatic rings. The summed E-state index contributed by atoms with van der Waals surface area (Å²) in [5, 5.41) is 0. The highest BCUT2D eigenvalue weighted by Gasteiger charge is 2.43. The van der Waals surface area contributed by atoms with E-state index in [1.54, 1.807) is 15.4 Å². The number of nitrogens with two attached hydrogens (primary N) is 1. The minimum atomic E-state index is -5.65. The van der Waals surface area contributed by atoms with Crippen LogP contribution in [0.3, 0.4) is 0 Å². The third-order valence-corrected chi connectivity index (χ3v) is 11.1. The monoisotopic (exact) mass is 625 g/mol. The van der Waals surface area contributed by atoms with Gasteiger partial charge in [-0.2, -0.15) is 8.62 Å². The van der Waals surface area contributed by atoms with Crippen LogP contribution < -0.4 is 5.73 Å². The first-order chi connectivity index (χ1) is 16.9. The summed E-state index contributed by atoms with van der Waals surface area (Å²) >= 11 is 0. The summed E-state index contributed by atoms with van der Waals surface area (Å²) in [4.78, 5) is 48.7. The van der Waals surface area contributed by atoms with Crippen molar-refractivity contribution < 1.29 is 55.9 Å². The van der Waals surface area contributed by atoms with Gasteiger partial charge in [-0.3, -0.25) is 9.09 Å². The number of nitrogens with zero attached hydrogens (tertiary/aromatic N) is 4. The molecule has 2 unspecified atom stereocenters. The lowest BCUT2D eigenvalue weighted by Crippen LogP contribution is -2.29. The molecule has 0 radical (unpaired) electrons. The number of phosphoric acid groups is 3. The zero-order valence-corrected chi connectivity index (χ0v) is 23.9. The molecule has 3 heterocycles. The first-order valence-electron chi connectivity index (χ1n) is 10.2. The van der Waals surface area contributed by atoms with Crippen LogP contribution in [0.25, 0.3) is 11.2 Å². The molecule has 210 valence electrons. The molecule has 1 saturated heterocycles. The van der Waals surface area contributed by atoms with Gasteiger partial charge in [-0.1, -0.05) is 42.4 Å². The molecule has 17 nitrogen and oxygen atoms in total. The Bertz CT molecular complexity index is 1240. The molecule has 6 N–H and O–H groups in total. The van der Waals surface area contributed by atoms with Crippen LogP contribution in [0.2, 0.25) is 0 Å². The Balaban J connectivity index is 1.71. The number of aromatic nitrogens is 4. The first-order valence-corrected chi connectivity index (χ1v) is 17.1. The van der Waals surface area contributed by atoms with E-state index in [9.17, 15) is 23.5 Å². The molecule has 0 aliphatic carbocycles. The van der Waals surface area contributed by atoms with Crippen molar-refractivity contribution in [2.75, 3.05) is 18.3 Å². The molecular formula is C15H26N5O12P3S2. The molecule has 2 aromatic rings. The number of anilines is 1. The average Bonchev–Trinajstić information content (AvgIpc) is 3.31. The van der Waals surface area contributed by atoms with Crippen molar-refractivity contribution in [2.45, 2.75) is 50.4 Å². The van der Waals surface area contributed by atoms with Gasteiger partial charge >= 0.3 is 23.5 Å². The highest BCUT2D eigenvalue weighted by atomic mass is 33.1. The molecule has 0 spiro atoms. The van der Waals surface area contributed by atoms with Crippen LogP contribution >= 0.6 is 45.1 Å². The lowest BCUT2D eigenvalue weighted by molar-refractivity contribution is -0.0522. The van der Waals surface area contributed by atoms with Gasteiger partial charge in [0, 0.05) is 11.2 Å². The maximum absolute atomic E-state index is 12.2. The van der Waals surface area contributed by atoms with Crippen molar-refractivity contribution in [3.05, 3.63) is 12.7 Å². The second kappa shape index (κ2) is 11.9. The fraction of sp³-hybridized carbons (Fsp3) is 0.667. The lowest BCUT2D eigenvalue weighted by Gasteiger charge is -2.22. The van der Waals surface area contributed by atoms with Crippen LogP contribution in [0.5, 0.6) is 0 Å². The molecule has 0 aromatic carbocycles. The van der Waals surface area contributed by atoms with Crippen molar-refractivity contribution in [3.8, 4) is 0 Å². The SMILES string of the molecule is CC(C)(C)SSCO[C@@H]1C[C@H](n2cnc3c(N)ncnc32)O[C@@H]1COP(=O)(O)OP(=O)(O)OP(=O)(O)O. The average molecular weight is 625 g/mol. The van der Waals surface area contributed by atoms with Gasteiger partial charge in [-0.25, -0.2) is 28.6 Å². The first kappa shape index (κ1) is 30.9. The minimum absolute atomic E-state index is 0.0329. The zero-order valence-electron chi connectivity index (χ0n) is 19.6. The van der Waals surface area contributed by atoms with E-state index in [1.807, 2.05) is 20.8 Å². The Labute approximate surface area is 218 Å². The maximum Gasteiger partial charge on any atom is 0.490 e. The molecule has 22 heteroatoms. The number of fused-ring (bicyclic) bond motifs is 1. The maximum atomic E-state index is 12.2. The van der Waals surface area contributed by atoms with E-state index in [1.165, 1.54) is 23.4 Å². The van der Waals surface area contributed by atoms with E-state index in [-0.39, 0.29) is 22.9 Å². The molecule has 0 saturated carbocycles. The van der Waals surface area contributed by atoms with E-state index in [2.05, 4.69) is 23.6 Å². The summed E-state index contributed by atoms with van der Waals surface area (Å²) in [5.74, 6) is 0.392. The minimum Gasteiger partial charge on any atom is -0.382 e. The summed E-state index contributed by atoms with van der Waals surface area (Å²) in [6.07, 6.45) is 0.562. The van der Waals surface area contributed by atoms with E-state index < -0.39 is 48.5 Å². The Morgan fingerprint density at radius 1 is 1.14 bits per heavy atom. The Morgan fingerprint density at radius 2 is 1.84 bits per heavy atom. The molecule has 3 rings (SSSR count). The van der Waals surface area contributed by atoms with Crippen LogP contribution in [0, 0.1) is 0 Å². The molecule has 1 fully saturated rings. The molecule has 37 heavy (non-hydrogen) atoms. The van der Waals surface area contributed by atoms with Crippen LogP contribution in [0.15, 0.2) is 12.7 Å². The molecule has 1 aliphatic heterocycles. The molecule has 0 bridgehead atoms. The smallest absolute Gasteiger partial charge is 0.382 e. The van der Waals surface area contributed by atoms with Gasteiger partial charge in [0.1, 0.15) is 30.1 Å². The zero-order chi connectivity index (χ0) is 27.6. The van der Waals surface area contributed by atoms with E-state index in [0.717, 1.165) is 0 Å². The van der Waals surface area contributed by atoms with Gasteiger partial charge in [0.2, 0.25) is 0 Å². The predicted octanol–water partition coefficient (Wildman–Crippen LogP) is 2.56. The summed E-state index contributed by atoms with van der Waals surface area (Å²) in [5.41, 5.74) is 6.55. The Kier molecular flexibility index (Phi) is 9.91. The highest BCUT2D eigenvalue weighted by molar-refractivity contribution is 8.77. The number of imidazole rings is 1. The van der Waals surface area contributed by atoms with E-state index in [0.29, 0.717) is 11.2 Å². The lowest BCUT2D eigenvalue weighted by atomic mass is 10.2. The fourth-order valence-electron chi connectivity index (χ4n) is 3.06. The Morgan fingerprint density at radius 3 is 2.49 bits per heavy atom. The summed E-state index contributed by atoms with van der Waals surface area (Å²) < 4.78 is 60.2. The van der Waals surface area contributed by atoms with Gasteiger partial charge in [0.25, 0.3) is 0 Å². The summed E-state index contributed by atoms with van der Waals surface area (Å²) in [6.45, 7) is 5.43. The Hall–Kier alpha value is -0.620. The second-order valence-electron chi connectivity index (χ2n) is 8.47. The van der Waals surface area contributed by atoms with Crippen LogP contribution in [0.1, 0.15) is 33.4 Å². The van der Waals surface area contributed by atoms with Gasteiger partial charge in [0.05, 0.1) is 19.0 Å². The molecule has 2 aromatic heterocycles. The van der Waals surface area contributed by atoms with Crippen molar-refractivity contribution >= 4 is 62.0 Å². The topological polar surface area (TPSA) is 248 Å². The second-order valence-corrected chi connectivity index (χ2v) is 16.0. The molecule has 0 amide bonds. The summed E-state index contributed by atoms with van der Waals surface area (Å²) in [7, 11) is -13.5. The van der Waals surface area contributed by atoms with Gasteiger partial charge in [-0.05, 0) is 0 Å². The number of rotatable bonds is 12. The van der Waals surface area contributed by atoms with Crippen LogP contribution in [-0.4, -0.2) is 68.6 Å². The third-order valence-electron chi connectivity index (χ3n) is 4.33. The van der Waals surface area contributed by atoms with Crippen molar-refractivity contribution in [2.24, 2.45) is 0 Å². The van der Waals surface area contributed by atoms with E-state index in [4.69, 9.17) is 29.5 Å². The normalized spacial score (nSPS) is 24.2. The number of nitrogen functional groups attached to an aromatic ring is 1. The van der Waals surface area contributed by atoms with Crippen LogP contribution in [0.4, 0.5) is 5.82 Å². The van der Waals surface area contributed by atoms with Gasteiger partial charge in [0.15, 0.2) is 11.5 Å². The number of ether oxygens (including phenoxy) is 2. The molecule has 5 atom stereocenters. The van der Waals surface area contributed by atoms with Crippen LogP contribution in [-0.2, 0) is 36.3 Å². The van der Waals surface area contributed by atoms with Crippen molar-refractivity contribution in [3.63, 3.8) is 0 Å². The quantitative estimate of drug-likeness (QED) is 0.0983. The summed E-state index contributed by atoms with van der Waals surface area (Å²) in [6, 6.07) is 0. The number of hydrogen-bond donors (Lipinski definition) is 5. The number of hydrogen-bond acceptors (Lipinski definition) is 14. The standard InChI is InChI=1S/C15H26N5O12P3S2/c1-15(2,3)37-36-8-28-9-4-11(20-7-19-12-13(16)17-6-18-14(12)20)30-10(9)5-29-34(24,25)32-35(26,27)31-33(21,22)23/h6-7,9-11H,4-5,8H2,1-3H3,(H,24,25)(H,26,27)(H2,16,17,18)(H2,21,22,23)/t9-,10-,11-/m1/s1. The fourth-order valence-corrected chi connectivity index (χ4v) is 8.10. The molecular weight excluding hydrogens is 599 g/mol. The third kappa shape index (κ3) is 9.51. The van der Waals surface area contributed by atoms with Crippen molar-refractivity contribution in [1.82, 2.24) is 19.5 Å². The largest absolute Gasteiger partial charge is 0.490 e.